The number of carbonyl (C=O) groups is 2. The second kappa shape index (κ2) is 10.2. The number of amides is 2. The maximum atomic E-state index is 13.5. The summed E-state index contributed by atoms with van der Waals surface area (Å²) in [5, 5.41) is 0. The van der Waals surface area contributed by atoms with E-state index in [-0.39, 0.29) is 30.6 Å². The van der Waals surface area contributed by atoms with E-state index in [9.17, 15) is 35.9 Å². The van der Waals surface area contributed by atoms with Crippen molar-refractivity contribution >= 4 is 39.3 Å². The van der Waals surface area contributed by atoms with E-state index >= 15 is 0 Å². The van der Waals surface area contributed by atoms with Crippen LogP contribution in [0.2, 0.25) is 0 Å². The summed E-state index contributed by atoms with van der Waals surface area (Å²) in [4.78, 5) is 28.0. The second-order valence-corrected chi connectivity index (χ2v) is 8.98. The molecule has 36 heavy (non-hydrogen) atoms. The van der Waals surface area contributed by atoms with E-state index in [1.54, 1.807) is 19.9 Å². The lowest BCUT2D eigenvalue weighted by atomic mass is 9.95. The Morgan fingerprint density at radius 2 is 1.61 bits per heavy atom. The molecule has 1 heterocycles. The van der Waals surface area contributed by atoms with Crippen molar-refractivity contribution in [3.05, 3.63) is 57.6 Å². The predicted octanol–water partition coefficient (Wildman–Crippen LogP) is 6.27. The van der Waals surface area contributed by atoms with Gasteiger partial charge in [0.15, 0.2) is 0 Å². The maximum absolute atomic E-state index is 13.5. The number of nitrogens with zero attached hydrogens (tertiary/aromatic N) is 2. The summed E-state index contributed by atoms with van der Waals surface area (Å²) in [5.74, 6) is -1.16. The van der Waals surface area contributed by atoms with Gasteiger partial charge in [0, 0.05) is 11.0 Å². The van der Waals surface area contributed by atoms with Crippen LogP contribution in [-0.2, 0) is 21.9 Å². The molecule has 3 rings (SSSR count). The van der Waals surface area contributed by atoms with Gasteiger partial charge in [-0.1, -0.05) is 22.9 Å². The van der Waals surface area contributed by atoms with Gasteiger partial charge in [-0.2, -0.15) is 26.3 Å². The molecule has 2 atom stereocenters. The summed E-state index contributed by atoms with van der Waals surface area (Å²) >= 11 is 3.28. The summed E-state index contributed by atoms with van der Waals surface area (Å²) < 4.78 is 86.7. The minimum absolute atomic E-state index is 0.0143. The molecule has 1 aliphatic heterocycles. The average molecular weight is 582 g/mol. The molecule has 2 unspecified atom stereocenters. The fourth-order valence-corrected chi connectivity index (χ4v) is 4.51. The van der Waals surface area contributed by atoms with Crippen molar-refractivity contribution in [2.75, 3.05) is 23.0 Å². The topological polar surface area (TPSA) is 75.9 Å². The standard InChI is InChI=1S/C23H22BrF6N3O3/c1-3-16-11-32(18-10-15(24)5-6-17(18)33(16)21(35)36-4-2)19(20(31)34)12-7-13(22(25,26)27)9-14(8-12)23(28,29)30/h5-10,16,19H,3-4,11H2,1-2H3,(H2,31,34). The smallest absolute Gasteiger partial charge is 0.416 e. The molecule has 0 aliphatic carbocycles. The molecule has 0 saturated heterocycles. The third-order valence-corrected chi connectivity index (χ3v) is 6.21. The van der Waals surface area contributed by atoms with Gasteiger partial charge >= 0.3 is 18.4 Å². The summed E-state index contributed by atoms with van der Waals surface area (Å²) in [6, 6.07) is 3.29. The zero-order valence-electron chi connectivity index (χ0n) is 19.1. The normalized spacial score (nSPS) is 17.0. The zero-order valence-corrected chi connectivity index (χ0v) is 20.7. The van der Waals surface area contributed by atoms with Crippen LogP contribution < -0.4 is 15.5 Å². The SMILES string of the molecule is CCOC(=O)N1c2ccc(Br)cc2N(C(C(N)=O)c2cc(C(F)(F)F)cc(C(F)(F)F)c2)CC1CC. The highest BCUT2D eigenvalue weighted by molar-refractivity contribution is 9.10. The van der Waals surface area contributed by atoms with E-state index in [1.807, 2.05) is 0 Å². The van der Waals surface area contributed by atoms with Gasteiger partial charge in [-0.05, 0) is 55.3 Å². The Labute approximate surface area is 211 Å². The quantitative estimate of drug-likeness (QED) is 0.422. The molecule has 0 fully saturated rings. The number of anilines is 2. The zero-order chi connectivity index (χ0) is 27.0. The first-order chi connectivity index (χ1) is 16.7. The minimum atomic E-state index is -5.10. The van der Waals surface area contributed by atoms with Crippen LogP contribution in [0.4, 0.5) is 42.5 Å². The van der Waals surface area contributed by atoms with Crippen LogP contribution in [0.15, 0.2) is 40.9 Å². The first-order valence-corrected chi connectivity index (χ1v) is 11.6. The minimum Gasteiger partial charge on any atom is -0.449 e. The van der Waals surface area contributed by atoms with Crippen LogP contribution in [0, 0.1) is 0 Å². The second-order valence-electron chi connectivity index (χ2n) is 8.06. The Morgan fingerprint density at radius 3 is 2.08 bits per heavy atom. The number of benzene rings is 2. The van der Waals surface area contributed by atoms with Crippen molar-refractivity contribution in [3.63, 3.8) is 0 Å². The van der Waals surface area contributed by atoms with E-state index in [0.717, 1.165) is 0 Å². The molecule has 2 aromatic rings. The molecule has 0 aromatic heterocycles. The van der Waals surface area contributed by atoms with Crippen LogP contribution in [0.1, 0.15) is 43.0 Å². The Hall–Kier alpha value is -2.96. The highest BCUT2D eigenvalue weighted by Crippen LogP contribution is 2.44. The van der Waals surface area contributed by atoms with Crippen molar-refractivity contribution in [2.45, 2.75) is 44.7 Å². The molecule has 0 spiro atoms. The Balaban J connectivity index is 2.26. The van der Waals surface area contributed by atoms with Crippen LogP contribution in [0.25, 0.3) is 0 Å². The van der Waals surface area contributed by atoms with Gasteiger partial charge in [0.25, 0.3) is 0 Å². The highest BCUT2D eigenvalue weighted by Gasteiger charge is 2.42. The molecular weight excluding hydrogens is 560 g/mol. The van der Waals surface area contributed by atoms with E-state index in [2.05, 4.69) is 15.9 Å². The molecule has 6 nitrogen and oxygen atoms in total. The van der Waals surface area contributed by atoms with Crippen LogP contribution in [0.3, 0.4) is 0 Å². The van der Waals surface area contributed by atoms with Crippen molar-refractivity contribution in [3.8, 4) is 0 Å². The lowest BCUT2D eigenvalue weighted by Crippen LogP contribution is -2.54. The third kappa shape index (κ3) is 5.55. The molecule has 0 bridgehead atoms. The lowest BCUT2D eigenvalue weighted by Gasteiger charge is -2.45. The van der Waals surface area contributed by atoms with Gasteiger partial charge in [-0.3, -0.25) is 9.69 Å². The largest absolute Gasteiger partial charge is 0.449 e. The number of fused-ring (bicyclic) bond motifs is 1. The Kier molecular flexibility index (Phi) is 7.82. The highest BCUT2D eigenvalue weighted by atomic mass is 79.9. The molecular formula is C23H22BrF6N3O3. The molecule has 0 radical (unpaired) electrons. The summed E-state index contributed by atoms with van der Waals surface area (Å²) in [7, 11) is 0. The number of carbonyl (C=O) groups excluding carboxylic acids is 2. The van der Waals surface area contributed by atoms with E-state index in [4.69, 9.17) is 10.5 Å². The van der Waals surface area contributed by atoms with Gasteiger partial charge in [0.05, 0.1) is 35.2 Å². The van der Waals surface area contributed by atoms with Crippen LogP contribution in [-0.4, -0.2) is 31.2 Å². The lowest BCUT2D eigenvalue weighted by molar-refractivity contribution is -0.143. The third-order valence-electron chi connectivity index (χ3n) is 5.72. The van der Waals surface area contributed by atoms with E-state index < -0.39 is 53.1 Å². The van der Waals surface area contributed by atoms with Crippen molar-refractivity contribution < 1.29 is 40.7 Å². The number of nitrogens with two attached hydrogens (primary N) is 1. The van der Waals surface area contributed by atoms with Gasteiger partial charge < -0.3 is 15.4 Å². The summed E-state index contributed by atoms with van der Waals surface area (Å²) in [6.45, 7) is 3.33. The molecule has 2 aromatic carbocycles. The van der Waals surface area contributed by atoms with Crippen molar-refractivity contribution in [1.29, 1.82) is 0 Å². The molecule has 196 valence electrons. The van der Waals surface area contributed by atoms with Gasteiger partial charge in [0.2, 0.25) is 5.91 Å². The van der Waals surface area contributed by atoms with Gasteiger partial charge in [-0.15, -0.1) is 0 Å². The monoisotopic (exact) mass is 581 g/mol. The average Bonchev–Trinajstić information content (AvgIpc) is 2.77. The molecule has 13 heteroatoms. The summed E-state index contributed by atoms with van der Waals surface area (Å²) in [6.07, 6.45) is -10.5. The number of alkyl halides is 6. The van der Waals surface area contributed by atoms with E-state index in [1.165, 1.54) is 21.9 Å². The number of rotatable bonds is 5. The van der Waals surface area contributed by atoms with E-state index in [0.29, 0.717) is 23.0 Å². The number of ether oxygens (including phenoxy) is 1. The first-order valence-electron chi connectivity index (χ1n) is 10.8. The predicted molar refractivity (Wildman–Crippen MR) is 123 cm³/mol. The number of halogens is 7. The van der Waals surface area contributed by atoms with Gasteiger partial charge in [0.1, 0.15) is 6.04 Å². The molecule has 2 amide bonds. The maximum Gasteiger partial charge on any atom is 0.416 e. The molecule has 0 saturated carbocycles. The van der Waals surface area contributed by atoms with Crippen molar-refractivity contribution in [1.82, 2.24) is 0 Å². The molecule has 2 N–H and O–H groups in total. The van der Waals surface area contributed by atoms with Crippen LogP contribution in [0.5, 0.6) is 0 Å². The van der Waals surface area contributed by atoms with Crippen LogP contribution >= 0.6 is 15.9 Å². The Bertz CT molecular complexity index is 1120. The number of primary amides is 1. The first kappa shape index (κ1) is 27.6. The molecule has 1 aliphatic rings. The fourth-order valence-electron chi connectivity index (χ4n) is 4.17. The van der Waals surface area contributed by atoms with Gasteiger partial charge in [-0.25, -0.2) is 4.79 Å². The fraction of sp³-hybridized carbons (Fsp3) is 0.391. The number of hydrogen-bond acceptors (Lipinski definition) is 4. The Morgan fingerprint density at radius 1 is 1.03 bits per heavy atom. The number of hydrogen-bond donors (Lipinski definition) is 1. The summed E-state index contributed by atoms with van der Waals surface area (Å²) in [5.41, 5.74) is 2.35. The van der Waals surface area contributed by atoms with Crippen molar-refractivity contribution in [2.24, 2.45) is 5.73 Å².